The number of amides is 1. The van der Waals surface area contributed by atoms with Gasteiger partial charge >= 0.3 is 5.97 Å². The van der Waals surface area contributed by atoms with Crippen LogP contribution < -0.4 is 5.32 Å². The molecule has 1 amide bonds. The molecule has 29 heavy (non-hydrogen) atoms. The highest BCUT2D eigenvalue weighted by Gasteiger charge is 2.17. The number of hydrogen-bond donors (Lipinski definition) is 1. The van der Waals surface area contributed by atoms with Crippen LogP contribution in [0.25, 0.3) is 17.1 Å². The van der Waals surface area contributed by atoms with Gasteiger partial charge in [0.15, 0.2) is 11.0 Å². The maximum Gasteiger partial charge on any atom is 0.325 e. The van der Waals surface area contributed by atoms with Crippen LogP contribution in [0.1, 0.15) is 6.92 Å². The van der Waals surface area contributed by atoms with Gasteiger partial charge in [-0.15, -0.1) is 10.2 Å². The van der Waals surface area contributed by atoms with E-state index in [1.54, 1.807) is 19.3 Å². The number of pyridine rings is 1. The molecule has 1 aromatic carbocycles. The van der Waals surface area contributed by atoms with Crippen molar-refractivity contribution in [3.05, 3.63) is 53.3 Å². The molecule has 0 fully saturated rings. The van der Waals surface area contributed by atoms with Gasteiger partial charge in [0.25, 0.3) is 0 Å². The molecule has 0 saturated carbocycles. The van der Waals surface area contributed by atoms with Crippen LogP contribution >= 0.6 is 27.7 Å². The molecule has 0 aliphatic heterocycles. The maximum absolute atomic E-state index is 12.1. The first-order valence-corrected chi connectivity index (χ1v) is 10.5. The van der Waals surface area contributed by atoms with E-state index in [9.17, 15) is 9.59 Å². The minimum atomic E-state index is -0.470. The van der Waals surface area contributed by atoms with E-state index in [-0.39, 0.29) is 24.8 Å². The lowest BCUT2D eigenvalue weighted by Crippen LogP contribution is -2.31. The van der Waals surface area contributed by atoms with Gasteiger partial charge in [-0.1, -0.05) is 27.7 Å². The number of rotatable bonds is 8. The highest BCUT2D eigenvalue weighted by Crippen LogP contribution is 2.28. The summed E-state index contributed by atoms with van der Waals surface area (Å²) >= 11 is 4.66. The number of ether oxygens (including phenoxy) is 1. The average Bonchev–Trinajstić information content (AvgIpc) is 3.16. The number of thioether (sulfide) groups is 1. The second-order valence-corrected chi connectivity index (χ2v) is 7.59. The highest BCUT2D eigenvalue weighted by molar-refractivity contribution is 9.10. The number of hydrogen-bond acceptors (Lipinski definition) is 7. The van der Waals surface area contributed by atoms with Crippen molar-refractivity contribution < 1.29 is 14.3 Å². The molecule has 150 valence electrons. The summed E-state index contributed by atoms with van der Waals surface area (Å²) in [4.78, 5) is 27.6. The van der Waals surface area contributed by atoms with Crippen LogP contribution in [-0.4, -0.2) is 50.5 Å². The van der Waals surface area contributed by atoms with E-state index in [1.807, 2.05) is 41.0 Å². The van der Waals surface area contributed by atoms with Gasteiger partial charge in [0, 0.05) is 28.1 Å². The van der Waals surface area contributed by atoms with Crippen molar-refractivity contribution in [2.45, 2.75) is 12.1 Å². The van der Waals surface area contributed by atoms with E-state index < -0.39 is 5.97 Å². The number of carbonyl (C=O) groups is 2. The van der Waals surface area contributed by atoms with Gasteiger partial charge in [-0.2, -0.15) is 0 Å². The third-order valence-electron chi connectivity index (χ3n) is 3.71. The standard InChI is InChI=1S/C19H18BrN5O3S/c1-2-28-17(27)11-22-16(26)12-29-19-24-23-18(13-4-3-9-21-10-13)25(19)15-7-5-14(20)6-8-15/h3-10H,2,11-12H2,1H3,(H,22,26). The van der Waals surface area contributed by atoms with Crippen LogP contribution in [0.5, 0.6) is 0 Å². The molecule has 2 heterocycles. The third-order valence-corrected chi connectivity index (χ3v) is 5.16. The molecule has 0 aliphatic carbocycles. The van der Waals surface area contributed by atoms with Crippen LogP contribution in [0.2, 0.25) is 0 Å². The molecular formula is C19H18BrN5O3S. The number of esters is 1. The number of aromatic nitrogens is 4. The second kappa shape index (κ2) is 10.2. The van der Waals surface area contributed by atoms with Crippen molar-refractivity contribution in [2.75, 3.05) is 18.9 Å². The summed E-state index contributed by atoms with van der Waals surface area (Å²) in [6.07, 6.45) is 3.40. The maximum atomic E-state index is 12.1. The van der Waals surface area contributed by atoms with Gasteiger partial charge < -0.3 is 10.1 Å². The van der Waals surface area contributed by atoms with Crippen molar-refractivity contribution >= 4 is 39.6 Å². The van der Waals surface area contributed by atoms with Gasteiger partial charge in [0.2, 0.25) is 5.91 Å². The molecule has 1 N–H and O–H groups in total. The zero-order chi connectivity index (χ0) is 20.6. The number of halogens is 1. The van der Waals surface area contributed by atoms with Crippen molar-refractivity contribution in [2.24, 2.45) is 0 Å². The fourth-order valence-corrected chi connectivity index (χ4v) is 3.48. The quantitative estimate of drug-likeness (QED) is 0.394. The lowest BCUT2D eigenvalue weighted by Gasteiger charge is -2.10. The zero-order valence-corrected chi connectivity index (χ0v) is 17.9. The Labute approximate surface area is 180 Å². The monoisotopic (exact) mass is 475 g/mol. The number of nitrogens with one attached hydrogen (secondary N) is 1. The summed E-state index contributed by atoms with van der Waals surface area (Å²) in [5, 5.41) is 11.6. The van der Waals surface area contributed by atoms with Crippen molar-refractivity contribution in [3.8, 4) is 17.1 Å². The summed E-state index contributed by atoms with van der Waals surface area (Å²) in [5.41, 5.74) is 1.66. The molecule has 3 aromatic rings. The molecular weight excluding hydrogens is 458 g/mol. The first-order valence-electron chi connectivity index (χ1n) is 8.75. The van der Waals surface area contributed by atoms with E-state index in [2.05, 4.69) is 36.4 Å². The summed E-state index contributed by atoms with van der Waals surface area (Å²) in [6, 6.07) is 11.4. The van der Waals surface area contributed by atoms with Gasteiger partial charge in [-0.05, 0) is 43.3 Å². The van der Waals surface area contributed by atoms with E-state index >= 15 is 0 Å². The van der Waals surface area contributed by atoms with E-state index in [1.165, 1.54) is 11.8 Å². The summed E-state index contributed by atoms with van der Waals surface area (Å²) in [6.45, 7) is 1.83. The van der Waals surface area contributed by atoms with Crippen molar-refractivity contribution in [3.63, 3.8) is 0 Å². The van der Waals surface area contributed by atoms with Gasteiger partial charge in [0.05, 0.1) is 12.4 Å². The molecule has 0 aliphatic rings. The lowest BCUT2D eigenvalue weighted by molar-refractivity contribution is -0.143. The Hall–Kier alpha value is -2.72. The largest absolute Gasteiger partial charge is 0.465 e. The Kier molecular flexibility index (Phi) is 7.36. The zero-order valence-electron chi connectivity index (χ0n) is 15.5. The van der Waals surface area contributed by atoms with Gasteiger partial charge in [-0.3, -0.25) is 19.1 Å². The number of benzene rings is 1. The summed E-state index contributed by atoms with van der Waals surface area (Å²) in [5.74, 6) is -0.0601. The molecule has 0 atom stereocenters. The summed E-state index contributed by atoms with van der Waals surface area (Å²) in [7, 11) is 0. The highest BCUT2D eigenvalue weighted by atomic mass is 79.9. The molecule has 0 spiro atoms. The van der Waals surface area contributed by atoms with Crippen LogP contribution in [0, 0.1) is 0 Å². The Morgan fingerprint density at radius 2 is 2.00 bits per heavy atom. The van der Waals surface area contributed by atoms with E-state index in [0.717, 1.165) is 15.7 Å². The minimum absolute atomic E-state index is 0.0844. The third kappa shape index (κ3) is 5.64. The van der Waals surface area contributed by atoms with Gasteiger partial charge in [-0.25, -0.2) is 0 Å². The number of carbonyl (C=O) groups excluding carboxylic acids is 2. The van der Waals surface area contributed by atoms with Gasteiger partial charge in [0.1, 0.15) is 6.54 Å². The Bertz CT molecular complexity index is 979. The lowest BCUT2D eigenvalue weighted by atomic mass is 10.2. The summed E-state index contributed by atoms with van der Waals surface area (Å²) < 4.78 is 7.61. The molecule has 8 nitrogen and oxygen atoms in total. The molecule has 3 rings (SSSR count). The number of nitrogens with zero attached hydrogens (tertiary/aromatic N) is 4. The Morgan fingerprint density at radius 1 is 1.21 bits per heavy atom. The molecule has 0 bridgehead atoms. The Balaban J connectivity index is 1.80. The van der Waals surface area contributed by atoms with Crippen molar-refractivity contribution in [1.29, 1.82) is 0 Å². The van der Waals surface area contributed by atoms with Crippen LogP contribution in [0.15, 0.2) is 58.4 Å². The second-order valence-electron chi connectivity index (χ2n) is 5.73. The van der Waals surface area contributed by atoms with E-state index in [0.29, 0.717) is 11.0 Å². The smallest absolute Gasteiger partial charge is 0.325 e. The molecule has 0 unspecified atom stereocenters. The fraction of sp³-hybridized carbons (Fsp3) is 0.211. The normalized spacial score (nSPS) is 10.6. The van der Waals surface area contributed by atoms with Crippen LogP contribution in [-0.2, 0) is 14.3 Å². The fourth-order valence-electron chi connectivity index (χ4n) is 2.43. The van der Waals surface area contributed by atoms with Crippen LogP contribution in [0.3, 0.4) is 0 Å². The predicted octanol–water partition coefficient (Wildman–Crippen LogP) is 2.86. The van der Waals surface area contributed by atoms with E-state index in [4.69, 9.17) is 4.74 Å². The first kappa shape index (κ1) is 21.0. The molecule has 0 radical (unpaired) electrons. The Morgan fingerprint density at radius 3 is 2.69 bits per heavy atom. The molecule has 0 saturated heterocycles. The molecule has 2 aromatic heterocycles. The predicted molar refractivity (Wildman–Crippen MR) is 113 cm³/mol. The average molecular weight is 476 g/mol. The van der Waals surface area contributed by atoms with Crippen molar-refractivity contribution in [1.82, 2.24) is 25.1 Å². The SMILES string of the molecule is CCOC(=O)CNC(=O)CSc1nnc(-c2cccnc2)n1-c1ccc(Br)cc1. The van der Waals surface area contributed by atoms with Crippen LogP contribution in [0.4, 0.5) is 0 Å². The molecule has 10 heteroatoms. The topological polar surface area (TPSA) is 99.0 Å². The minimum Gasteiger partial charge on any atom is -0.465 e. The first-order chi connectivity index (χ1) is 14.1.